The number of H-pyrrole nitrogens is 1. The number of furan rings is 1. The number of aromatic nitrogens is 1. The largest absolute Gasteiger partial charge is 0.467 e. The summed E-state index contributed by atoms with van der Waals surface area (Å²) in [6.07, 6.45) is 10.1. The minimum atomic E-state index is -0.843. The summed E-state index contributed by atoms with van der Waals surface area (Å²) in [7, 11) is 3.55. The van der Waals surface area contributed by atoms with Crippen molar-refractivity contribution in [2.75, 3.05) is 46.9 Å². The van der Waals surface area contributed by atoms with Crippen molar-refractivity contribution in [1.82, 2.24) is 25.0 Å². The number of carbonyl (C=O) groups is 4. The monoisotopic (exact) mass is 685 g/mol. The van der Waals surface area contributed by atoms with Gasteiger partial charge in [0.25, 0.3) is 0 Å². The fraction of sp³-hybridized carbons (Fsp3) is 0.590. The van der Waals surface area contributed by atoms with Gasteiger partial charge in [0.2, 0.25) is 23.6 Å². The molecule has 0 unspecified atom stereocenters. The van der Waals surface area contributed by atoms with Crippen LogP contribution in [0.4, 0.5) is 0 Å². The van der Waals surface area contributed by atoms with Gasteiger partial charge in [-0.3, -0.25) is 19.2 Å². The van der Waals surface area contributed by atoms with E-state index in [-0.39, 0.29) is 36.6 Å². The molecule has 2 aromatic heterocycles. The smallest absolute Gasteiger partial charge is 0.228 e. The Balaban J connectivity index is 1.27. The molecule has 50 heavy (non-hydrogen) atoms. The lowest BCUT2D eigenvalue weighted by Gasteiger charge is -2.56. The summed E-state index contributed by atoms with van der Waals surface area (Å²) >= 11 is 0. The molecule has 3 aromatic rings. The molecule has 3 fully saturated rings. The first-order chi connectivity index (χ1) is 24.2. The van der Waals surface area contributed by atoms with Crippen LogP contribution in [0.1, 0.15) is 80.4 Å². The summed E-state index contributed by atoms with van der Waals surface area (Å²) in [5.74, 6) is -0.0167. The average Bonchev–Trinajstić information content (AvgIpc) is 3.92. The third-order valence-corrected chi connectivity index (χ3v) is 11.8. The Kier molecular flexibility index (Phi) is 10.0. The molecule has 11 nitrogen and oxygen atoms in total. The number of carbonyl (C=O) groups excluding carboxylic acids is 4. The molecular weight excluding hydrogens is 634 g/mol. The number of fused-ring (bicyclic) bond motifs is 5. The van der Waals surface area contributed by atoms with Crippen LogP contribution >= 0.6 is 0 Å². The molecule has 268 valence electrons. The van der Waals surface area contributed by atoms with Crippen molar-refractivity contribution >= 4 is 34.5 Å². The molecule has 7 rings (SSSR count). The predicted octanol–water partition coefficient (Wildman–Crippen LogP) is 4.53. The van der Waals surface area contributed by atoms with E-state index in [1.807, 2.05) is 9.80 Å². The summed E-state index contributed by atoms with van der Waals surface area (Å²) in [5, 5.41) is 4.04. The van der Waals surface area contributed by atoms with Crippen molar-refractivity contribution in [3.05, 3.63) is 59.2 Å². The molecule has 11 heteroatoms. The molecule has 2 N–H and O–H groups in total. The van der Waals surface area contributed by atoms with Crippen molar-refractivity contribution in [2.45, 2.75) is 82.7 Å². The van der Waals surface area contributed by atoms with E-state index < -0.39 is 17.4 Å². The van der Waals surface area contributed by atoms with Crippen LogP contribution in [-0.4, -0.2) is 90.3 Å². The lowest BCUT2D eigenvalue weighted by Crippen LogP contribution is -2.66. The number of rotatable bonds is 11. The molecule has 0 bridgehead atoms. The first-order valence-corrected chi connectivity index (χ1v) is 18.6. The average molecular weight is 686 g/mol. The second-order valence-electron chi connectivity index (χ2n) is 15.0. The molecule has 0 spiro atoms. The molecule has 1 saturated carbocycles. The van der Waals surface area contributed by atoms with Gasteiger partial charge in [-0.05, 0) is 67.3 Å². The number of nitrogens with zero attached hydrogens (tertiary/aromatic N) is 3. The zero-order chi connectivity index (χ0) is 34.8. The highest BCUT2D eigenvalue weighted by Gasteiger charge is 2.59. The van der Waals surface area contributed by atoms with Crippen LogP contribution in [0.25, 0.3) is 10.9 Å². The number of aryl methyl sites for hydroxylation is 1. The van der Waals surface area contributed by atoms with Gasteiger partial charge >= 0.3 is 0 Å². The Bertz CT molecular complexity index is 1700. The van der Waals surface area contributed by atoms with Crippen LogP contribution in [0.2, 0.25) is 0 Å². The minimum absolute atomic E-state index is 0.0240. The third-order valence-electron chi connectivity index (χ3n) is 11.8. The normalized spacial score (nSPS) is 23.9. The Hall–Kier alpha value is -4.12. The van der Waals surface area contributed by atoms with Crippen LogP contribution in [0.5, 0.6) is 0 Å². The van der Waals surface area contributed by atoms with Gasteiger partial charge in [-0.1, -0.05) is 37.8 Å². The lowest BCUT2D eigenvalue weighted by molar-refractivity contribution is -0.169. The Labute approximate surface area is 294 Å². The van der Waals surface area contributed by atoms with Crippen molar-refractivity contribution < 1.29 is 28.3 Å². The van der Waals surface area contributed by atoms with E-state index in [4.69, 9.17) is 9.15 Å². The Morgan fingerprint density at radius 1 is 1.08 bits per heavy atom. The number of hydrogen-bond acceptors (Lipinski definition) is 6. The SMILES string of the molecule is CN(C)C(=O)CCc1ccc2c3c([nH]c2c1)[C@]1(CCC2CCCC2)[C@@H](C(=O)N2CCOCC2)C[C@H](CC(=O)NCc2ccco2)C(=O)N1CC3. The summed E-state index contributed by atoms with van der Waals surface area (Å²) in [5.41, 5.74) is 3.38. The quantitative estimate of drug-likeness (QED) is 0.305. The first kappa shape index (κ1) is 34.3. The second kappa shape index (κ2) is 14.6. The molecule has 5 heterocycles. The molecule has 2 saturated heterocycles. The summed E-state index contributed by atoms with van der Waals surface area (Å²) < 4.78 is 11.0. The van der Waals surface area contributed by atoms with Crippen molar-refractivity contribution in [1.29, 1.82) is 0 Å². The Morgan fingerprint density at radius 3 is 2.62 bits per heavy atom. The third kappa shape index (κ3) is 6.68. The van der Waals surface area contributed by atoms with Crippen LogP contribution in [0, 0.1) is 17.8 Å². The molecule has 4 amide bonds. The number of morpholine rings is 1. The summed E-state index contributed by atoms with van der Waals surface area (Å²) in [6, 6.07) is 9.98. The molecule has 3 aliphatic heterocycles. The lowest BCUT2D eigenvalue weighted by atomic mass is 9.64. The molecule has 1 aliphatic carbocycles. The van der Waals surface area contributed by atoms with E-state index in [2.05, 4.69) is 28.5 Å². The van der Waals surface area contributed by atoms with Gasteiger partial charge in [-0.25, -0.2) is 0 Å². The van der Waals surface area contributed by atoms with Gasteiger partial charge in [0.1, 0.15) is 5.76 Å². The number of nitrogens with one attached hydrogen (secondary N) is 2. The minimum Gasteiger partial charge on any atom is -0.467 e. The highest BCUT2D eigenvalue weighted by Crippen LogP contribution is 2.54. The highest BCUT2D eigenvalue weighted by atomic mass is 16.5. The van der Waals surface area contributed by atoms with Crippen LogP contribution in [-0.2, 0) is 48.8 Å². The number of piperidine rings is 1. The molecule has 4 aliphatic rings. The zero-order valence-electron chi connectivity index (χ0n) is 29.5. The summed E-state index contributed by atoms with van der Waals surface area (Å²) in [4.78, 5) is 64.6. The maximum absolute atomic E-state index is 14.9. The van der Waals surface area contributed by atoms with E-state index in [1.165, 1.54) is 31.2 Å². The van der Waals surface area contributed by atoms with E-state index in [1.54, 1.807) is 37.4 Å². The van der Waals surface area contributed by atoms with E-state index >= 15 is 0 Å². The van der Waals surface area contributed by atoms with Gasteiger partial charge in [0.05, 0.1) is 37.5 Å². The molecule has 0 radical (unpaired) electrons. The number of amides is 4. The fourth-order valence-electron chi connectivity index (χ4n) is 9.12. The zero-order valence-corrected chi connectivity index (χ0v) is 29.5. The van der Waals surface area contributed by atoms with Crippen LogP contribution < -0.4 is 5.32 Å². The number of benzene rings is 1. The van der Waals surface area contributed by atoms with E-state index in [0.29, 0.717) is 76.6 Å². The molecule has 1 aromatic carbocycles. The maximum Gasteiger partial charge on any atom is 0.228 e. The van der Waals surface area contributed by atoms with Crippen molar-refractivity contribution in [3.63, 3.8) is 0 Å². The van der Waals surface area contributed by atoms with Crippen LogP contribution in [0.3, 0.4) is 0 Å². The van der Waals surface area contributed by atoms with Gasteiger partial charge in [0, 0.05) is 69.1 Å². The highest BCUT2D eigenvalue weighted by molar-refractivity contribution is 5.93. The standard InChI is InChI=1S/C39H51N5O6/c1-42(2)35(46)12-10-27-9-11-30-31-14-16-44-37(47)28(24-34(45)40-25-29-8-5-19-50-29)23-32(38(48)43-17-20-49-21-18-43)39(44,36(31)41-33(30)22-27)15-13-26-6-3-4-7-26/h5,8-9,11,19,22,26,28,32,41H,3-4,6-7,10,12-18,20-21,23-25H2,1-2H3,(H,40,45)/t28-,32-,39+/m1/s1. The first-order valence-electron chi connectivity index (χ1n) is 18.6. The predicted molar refractivity (Wildman–Crippen MR) is 188 cm³/mol. The maximum atomic E-state index is 14.9. The molecule has 3 atom stereocenters. The van der Waals surface area contributed by atoms with Gasteiger partial charge in [0.15, 0.2) is 0 Å². The Morgan fingerprint density at radius 2 is 1.88 bits per heavy atom. The van der Waals surface area contributed by atoms with Crippen molar-refractivity contribution in [3.8, 4) is 0 Å². The number of ether oxygens (including phenoxy) is 1. The van der Waals surface area contributed by atoms with E-state index in [0.717, 1.165) is 28.6 Å². The van der Waals surface area contributed by atoms with Gasteiger partial charge in [-0.2, -0.15) is 0 Å². The van der Waals surface area contributed by atoms with Gasteiger partial charge < -0.3 is 34.2 Å². The van der Waals surface area contributed by atoms with Crippen LogP contribution in [0.15, 0.2) is 41.0 Å². The van der Waals surface area contributed by atoms with Gasteiger partial charge in [-0.15, -0.1) is 0 Å². The summed E-state index contributed by atoms with van der Waals surface area (Å²) in [6.45, 7) is 2.77. The van der Waals surface area contributed by atoms with Crippen molar-refractivity contribution in [2.24, 2.45) is 17.8 Å². The number of aromatic amines is 1. The molecular formula is C39H51N5O6. The van der Waals surface area contributed by atoms with E-state index in [9.17, 15) is 19.2 Å². The second-order valence-corrected chi connectivity index (χ2v) is 15.0. The topological polar surface area (TPSA) is 128 Å². The fourth-order valence-corrected chi connectivity index (χ4v) is 9.12. The number of hydrogen-bond donors (Lipinski definition) is 2.